The fourth-order valence-corrected chi connectivity index (χ4v) is 5.44. The second-order valence-electron chi connectivity index (χ2n) is 8.49. The van der Waals surface area contributed by atoms with Crippen molar-refractivity contribution in [2.75, 3.05) is 23.7 Å². The largest absolute Gasteiger partial charge is 0.417 e. The number of halogens is 4. The van der Waals surface area contributed by atoms with Crippen LogP contribution in [0, 0.1) is 16.0 Å². The molecule has 1 amide bonds. The standard InChI is InChI=1S/C22H25ClF3N5O5S/c23-17-8-7-16(31(33)34)12-19(17)37(35,36)29-10-4-9-27-20-18(11-15(13-28-20)22(24,25)26)30-21(32)14-5-2-1-3-6-14/h7-8,11-14,29H,1-6,9-10H2,(H,27,28)(H,30,32). The van der Waals surface area contributed by atoms with Crippen molar-refractivity contribution in [2.24, 2.45) is 5.92 Å². The van der Waals surface area contributed by atoms with E-state index in [1.165, 1.54) is 0 Å². The molecule has 2 aromatic rings. The summed E-state index contributed by atoms with van der Waals surface area (Å²) in [5, 5.41) is 16.1. The molecule has 3 N–H and O–H groups in total. The molecule has 0 spiro atoms. The smallest absolute Gasteiger partial charge is 0.368 e. The maximum absolute atomic E-state index is 13.2. The van der Waals surface area contributed by atoms with Crippen LogP contribution in [0.5, 0.6) is 0 Å². The molecule has 3 rings (SSSR count). The molecule has 0 bridgehead atoms. The fourth-order valence-electron chi connectivity index (χ4n) is 3.85. The van der Waals surface area contributed by atoms with Gasteiger partial charge >= 0.3 is 6.18 Å². The number of amides is 1. The molecule has 1 fully saturated rings. The summed E-state index contributed by atoms with van der Waals surface area (Å²) < 4.78 is 66.9. The molecule has 1 aromatic heterocycles. The number of benzene rings is 1. The number of nitro benzene ring substituents is 1. The van der Waals surface area contributed by atoms with E-state index in [1.54, 1.807) is 0 Å². The van der Waals surface area contributed by atoms with Gasteiger partial charge in [0.15, 0.2) is 0 Å². The number of carbonyl (C=O) groups excluding carboxylic acids is 1. The highest BCUT2D eigenvalue weighted by molar-refractivity contribution is 7.89. The van der Waals surface area contributed by atoms with Crippen molar-refractivity contribution in [1.29, 1.82) is 0 Å². The topological polar surface area (TPSA) is 143 Å². The van der Waals surface area contributed by atoms with Crippen molar-refractivity contribution in [1.82, 2.24) is 9.71 Å². The summed E-state index contributed by atoms with van der Waals surface area (Å²) in [6.45, 7) is -0.0192. The van der Waals surface area contributed by atoms with Crippen molar-refractivity contribution < 1.29 is 31.3 Å². The van der Waals surface area contributed by atoms with Gasteiger partial charge in [0.1, 0.15) is 10.7 Å². The van der Waals surface area contributed by atoms with Crippen molar-refractivity contribution in [3.05, 3.63) is 51.2 Å². The number of anilines is 2. The molecule has 0 atom stereocenters. The highest BCUT2D eigenvalue weighted by Crippen LogP contribution is 2.33. The first-order valence-electron chi connectivity index (χ1n) is 11.4. The van der Waals surface area contributed by atoms with Gasteiger partial charge in [0.05, 0.1) is 21.2 Å². The Morgan fingerprint density at radius 3 is 2.51 bits per heavy atom. The molecule has 1 aliphatic rings. The zero-order valence-electron chi connectivity index (χ0n) is 19.5. The summed E-state index contributed by atoms with van der Waals surface area (Å²) in [6.07, 6.45) is 0.255. The zero-order valence-corrected chi connectivity index (χ0v) is 21.0. The Morgan fingerprint density at radius 2 is 1.86 bits per heavy atom. The minimum absolute atomic E-state index is 0.0155. The van der Waals surface area contributed by atoms with E-state index in [9.17, 15) is 36.5 Å². The predicted molar refractivity (Wildman–Crippen MR) is 131 cm³/mol. The zero-order chi connectivity index (χ0) is 27.2. The van der Waals surface area contributed by atoms with Gasteiger partial charge < -0.3 is 10.6 Å². The second-order valence-corrected chi connectivity index (χ2v) is 10.6. The Hall–Kier alpha value is -2.97. The first-order valence-corrected chi connectivity index (χ1v) is 13.3. The van der Waals surface area contributed by atoms with Crippen LogP contribution < -0.4 is 15.4 Å². The molecule has 37 heavy (non-hydrogen) atoms. The fraction of sp³-hybridized carbons (Fsp3) is 0.455. The SMILES string of the molecule is O=C(Nc1cc(C(F)(F)F)cnc1NCCCNS(=O)(=O)c1cc([N+](=O)[O-])ccc1Cl)C1CCCCC1. The number of hydrogen-bond acceptors (Lipinski definition) is 7. The van der Waals surface area contributed by atoms with Gasteiger partial charge in [-0.15, -0.1) is 0 Å². The van der Waals surface area contributed by atoms with Crippen LogP contribution in [0.4, 0.5) is 30.4 Å². The van der Waals surface area contributed by atoms with Crippen LogP contribution in [0.25, 0.3) is 0 Å². The number of nitro groups is 1. The summed E-state index contributed by atoms with van der Waals surface area (Å²) in [5.41, 5.74) is -1.57. The second kappa shape index (κ2) is 12.0. The summed E-state index contributed by atoms with van der Waals surface area (Å²) >= 11 is 5.89. The lowest BCUT2D eigenvalue weighted by Crippen LogP contribution is -2.27. The number of nitrogens with one attached hydrogen (secondary N) is 3. The summed E-state index contributed by atoms with van der Waals surface area (Å²) in [4.78, 5) is 26.2. The molecule has 202 valence electrons. The maximum atomic E-state index is 13.2. The molecule has 10 nitrogen and oxygen atoms in total. The van der Waals surface area contributed by atoms with Crippen LogP contribution in [-0.4, -0.2) is 37.3 Å². The number of rotatable bonds is 10. The number of hydrogen-bond donors (Lipinski definition) is 3. The molecule has 15 heteroatoms. The highest BCUT2D eigenvalue weighted by Gasteiger charge is 2.32. The van der Waals surface area contributed by atoms with Crippen LogP contribution in [0.3, 0.4) is 0 Å². The molecule has 0 unspecified atom stereocenters. The third kappa shape index (κ3) is 7.76. The Labute approximate surface area is 216 Å². The van der Waals surface area contributed by atoms with Crippen LogP contribution in [0.2, 0.25) is 5.02 Å². The number of aromatic nitrogens is 1. The molecule has 1 aromatic carbocycles. The van der Waals surface area contributed by atoms with Crippen molar-refractivity contribution in [3.63, 3.8) is 0 Å². The molecule has 1 heterocycles. The molecule has 0 radical (unpaired) electrons. The Kier molecular flexibility index (Phi) is 9.31. The Morgan fingerprint density at radius 1 is 1.16 bits per heavy atom. The minimum Gasteiger partial charge on any atom is -0.368 e. The normalized spacial score (nSPS) is 14.8. The lowest BCUT2D eigenvalue weighted by atomic mass is 9.88. The lowest BCUT2D eigenvalue weighted by molar-refractivity contribution is -0.385. The van der Waals surface area contributed by atoms with E-state index >= 15 is 0 Å². The summed E-state index contributed by atoms with van der Waals surface area (Å²) in [6, 6.07) is 3.83. The molecule has 1 aliphatic carbocycles. The average Bonchev–Trinajstić information content (AvgIpc) is 2.84. The summed E-state index contributed by atoms with van der Waals surface area (Å²) in [7, 11) is -4.16. The molecule has 0 aliphatic heterocycles. The molecule has 1 saturated carbocycles. The van der Waals surface area contributed by atoms with E-state index in [0.29, 0.717) is 19.0 Å². The molecule has 0 saturated heterocycles. The Bertz CT molecular complexity index is 1250. The van der Waals surface area contributed by atoms with Gasteiger partial charge in [-0.1, -0.05) is 30.9 Å². The first-order chi connectivity index (χ1) is 17.4. The van der Waals surface area contributed by atoms with E-state index in [1.807, 2.05) is 0 Å². The van der Waals surface area contributed by atoms with E-state index in [2.05, 4.69) is 20.3 Å². The van der Waals surface area contributed by atoms with Gasteiger partial charge in [0.2, 0.25) is 15.9 Å². The number of pyridine rings is 1. The van der Waals surface area contributed by atoms with Crippen molar-refractivity contribution >= 4 is 44.7 Å². The van der Waals surface area contributed by atoms with Gasteiger partial charge in [-0.05, 0) is 31.4 Å². The lowest BCUT2D eigenvalue weighted by Gasteiger charge is -2.22. The number of sulfonamides is 1. The summed E-state index contributed by atoms with van der Waals surface area (Å²) in [5.74, 6) is -0.640. The van der Waals surface area contributed by atoms with Crippen LogP contribution in [0.15, 0.2) is 35.4 Å². The Balaban J connectivity index is 1.63. The van der Waals surface area contributed by atoms with E-state index in [-0.39, 0.29) is 47.9 Å². The number of non-ortho nitro benzene ring substituents is 1. The predicted octanol–water partition coefficient (Wildman–Crippen LogP) is 4.96. The van der Waals surface area contributed by atoms with Crippen LogP contribution in [0.1, 0.15) is 44.1 Å². The third-order valence-corrected chi connectivity index (χ3v) is 7.74. The van der Waals surface area contributed by atoms with Gasteiger partial charge in [0, 0.05) is 37.3 Å². The van der Waals surface area contributed by atoms with Crippen molar-refractivity contribution in [3.8, 4) is 0 Å². The number of alkyl halides is 3. The first kappa shape index (κ1) is 28.6. The average molecular weight is 564 g/mol. The monoisotopic (exact) mass is 563 g/mol. The van der Waals surface area contributed by atoms with Crippen LogP contribution >= 0.6 is 11.6 Å². The molecular weight excluding hydrogens is 539 g/mol. The van der Waals surface area contributed by atoms with Gasteiger partial charge in [0.25, 0.3) is 5.69 Å². The molecular formula is C22H25ClF3N5O5S. The van der Waals surface area contributed by atoms with E-state index in [0.717, 1.165) is 43.5 Å². The van der Waals surface area contributed by atoms with E-state index < -0.39 is 37.3 Å². The highest BCUT2D eigenvalue weighted by atomic mass is 35.5. The third-order valence-electron chi connectivity index (χ3n) is 5.80. The van der Waals surface area contributed by atoms with E-state index in [4.69, 9.17) is 11.6 Å². The van der Waals surface area contributed by atoms with Gasteiger partial charge in [-0.25, -0.2) is 18.1 Å². The number of nitrogens with zero attached hydrogens (tertiary/aromatic N) is 2. The quantitative estimate of drug-likeness (QED) is 0.210. The minimum atomic E-state index is -4.65. The van der Waals surface area contributed by atoms with Crippen LogP contribution in [-0.2, 0) is 21.0 Å². The van der Waals surface area contributed by atoms with Gasteiger partial charge in [-0.2, -0.15) is 13.2 Å². The van der Waals surface area contributed by atoms with Crippen molar-refractivity contribution in [2.45, 2.75) is 49.6 Å². The number of carbonyl (C=O) groups is 1. The van der Waals surface area contributed by atoms with Gasteiger partial charge in [-0.3, -0.25) is 14.9 Å². The maximum Gasteiger partial charge on any atom is 0.417 e.